The fourth-order valence-corrected chi connectivity index (χ4v) is 1.58. The maximum absolute atomic E-state index is 10.9. The molecule has 0 radical (unpaired) electrons. The first kappa shape index (κ1) is 11.9. The molecule has 0 unspecified atom stereocenters. The highest BCUT2D eigenvalue weighted by Crippen LogP contribution is 2.24. The van der Waals surface area contributed by atoms with Crippen molar-refractivity contribution in [3.63, 3.8) is 0 Å². The van der Waals surface area contributed by atoms with Gasteiger partial charge in [-0.3, -0.25) is 15.1 Å². The molecule has 18 heavy (non-hydrogen) atoms. The van der Waals surface area contributed by atoms with Crippen LogP contribution in [0.2, 0.25) is 0 Å². The van der Waals surface area contributed by atoms with Crippen LogP contribution in [0.5, 0.6) is 0 Å². The number of rotatable bonds is 3. The number of amidine groups is 1. The molecule has 0 spiro atoms. The number of hydrogen-bond acceptors (Lipinski definition) is 5. The van der Waals surface area contributed by atoms with Crippen LogP contribution in [0.3, 0.4) is 0 Å². The van der Waals surface area contributed by atoms with Gasteiger partial charge >= 0.3 is 0 Å². The summed E-state index contributed by atoms with van der Waals surface area (Å²) in [6.45, 7) is 0.520. The van der Waals surface area contributed by atoms with Crippen LogP contribution < -0.4 is 16.0 Å². The van der Waals surface area contributed by atoms with Gasteiger partial charge in [0.25, 0.3) is 5.69 Å². The zero-order valence-electron chi connectivity index (χ0n) is 9.80. The van der Waals surface area contributed by atoms with Crippen LogP contribution in [0, 0.1) is 10.1 Å². The van der Waals surface area contributed by atoms with Crippen LogP contribution in [-0.4, -0.2) is 24.5 Å². The molecule has 1 heterocycles. The van der Waals surface area contributed by atoms with E-state index in [4.69, 9.17) is 0 Å². The van der Waals surface area contributed by atoms with Gasteiger partial charge < -0.3 is 16.0 Å². The molecule has 0 bridgehead atoms. The third-order valence-corrected chi connectivity index (χ3v) is 2.44. The third-order valence-electron chi connectivity index (χ3n) is 2.44. The maximum Gasteiger partial charge on any atom is 0.292 e. The monoisotopic (exact) mass is 247 g/mol. The second-order valence-corrected chi connectivity index (χ2v) is 3.60. The molecule has 2 rings (SSSR count). The van der Waals surface area contributed by atoms with Crippen LogP contribution in [-0.2, 0) is 0 Å². The molecule has 0 amide bonds. The van der Waals surface area contributed by atoms with Crippen molar-refractivity contribution in [1.29, 1.82) is 0 Å². The number of hydrogen-bond donors (Lipinski definition) is 3. The van der Waals surface area contributed by atoms with Crippen LogP contribution in [0.15, 0.2) is 41.2 Å². The molecule has 0 saturated heterocycles. The minimum absolute atomic E-state index is 0.0359. The summed E-state index contributed by atoms with van der Waals surface area (Å²) in [6, 6.07) is 6.49. The van der Waals surface area contributed by atoms with Crippen LogP contribution >= 0.6 is 0 Å². The average Bonchev–Trinajstić information content (AvgIpc) is 2.39. The lowest BCUT2D eigenvalue weighted by Crippen LogP contribution is -2.40. The largest absolute Gasteiger partial charge is 0.354 e. The van der Waals surface area contributed by atoms with Gasteiger partial charge in [-0.2, -0.15) is 0 Å². The van der Waals surface area contributed by atoms with Gasteiger partial charge in [-0.1, -0.05) is 12.1 Å². The molecule has 3 N–H and O–H groups in total. The molecule has 0 fully saturated rings. The van der Waals surface area contributed by atoms with E-state index in [1.54, 1.807) is 31.3 Å². The van der Waals surface area contributed by atoms with E-state index in [9.17, 15) is 10.1 Å². The summed E-state index contributed by atoms with van der Waals surface area (Å²) in [5.41, 5.74) is 0.479. The van der Waals surface area contributed by atoms with Crippen molar-refractivity contribution in [2.75, 3.05) is 19.0 Å². The molecular formula is C11H13N5O2. The lowest BCUT2D eigenvalue weighted by Gasteiger charge is -2.19. The van der Waals surface area contributed by atoms with E-state index >= 15 is 0 Å². The van der Waals surface area contributed by atoms with Crippen LogP contribution in [0.4, 0.5) is 11.4 Å². The molecule has 7 heteroatoms. The number of nitrogens with zero attached hydrogens (tertiary/aromatic N) is 2. The van der Waals surface area contributed by atoms with Crippen molar-refractivity contribution in [1.82, 2.24) is 10.6 Å². The highest BCUT2D eigenvalue weighted by molar-refractivity contribution is 5.94. The predicted octanol–water partition coefficient (Wildman–Crippen LogP) is 1.03. The SMILES string of the molecule is CN=C1C=C(Nc2ccccc2[N+](=O)[O-])NCN1. The molecule has 94 valence electrons. The van der Waals surface area contributed by atoms with Gasteiger partial charge in [0, 0.05) is 19.2 Å². The van der Waals surface area contributed by atoms with Crippen molar-refractivity contribution >= 4 is 17.2 Å². The third kappa shape index (κ3) is 2.57. The number of aliphatic imine (C=N–C) groups is 1. The second kappa shape index (κ2) is 5.17. The average molecular weight is 247 g/mol. The van der Waals surface area contributed by atoms with Crippen LogP contribution in [0.25, 0.3) is 0 Å². The summed E-state index contributed by atoms with van der Waals surface area (Å²) in [5.74, 6) is 1.39. The van der Waals surface area contributed by atoms with Crippen molar-refractivity contribution in [3.8, 4) is 0 Å². The Morgan fingerprint density at radius 3 is 2.89 bits per heavy atom. The van der Waals surface area contributed by atoms with Gasteiger partial charge in [0.2, 0.25) is 0 Å². The molecule has 1 aromatic carbocycles. The van der Waals surface area contributed by atoms with Crippen molar-refractivity contribution in [2.24, 2.45) is 4.99 Å². The first-order valence-corrected chi connectivity index (χ1v) is 5.37. The van der Waals surface area contributed by atoms with E-state index in [0.717, 1.165) is 5.84 Å². The molecule has 7 nitrogen and oxygen atoms in total. The molecule has 1 aliphatic rings. The quantitative estimate of drug-likeness (QED) is 0.548. The Hall–Kier alpha value is -2.57. The van der Waals surface area contributed by atoms with E-state index < -0.39 is 4.92 Å². The minimum Gasteiger partial charge on any atom is -0.354 e. The lowest BCUT2D eigenvalue weighted by atomic mass is 10.2. The summed E-state index contributed by atoms with van der Waals surface area (Å²) >= 11 is 0. The van der Waals surface area contributed by atoms with Gasteiger partial charge in [-0.05, 0) is 6.07 Å². The number of nitrogens with one attached hydrogen (secondary N) is 3. The number of benzene rings is 1. The molecular weight excluding hydrogens is 234 g/mol. The Morgan fingerprint density at radius 2 is 2.17 bits per heavy atom. The first-order chi connectivity index (χ1) is 8.70. The van der Waals surface area contributed by atoms with Gasteiger partial charge in [0.1, 0.15) is 17.3 Å². The van der Waals surface area contributed by atoms with Gasteiger partial charge in [0.05, 0.1) is 11.6 Å². The normalized spacial score (nSPS) is 16.5. The van der Waals surface area contributed by atoms with E-state index in [1.165, 1.54) is 6.07 Å². The Balaban J connectivity index is 2.24. The van der Waals surface area contributed by atoms with Crippen molar-refractivity contribution in [2.45, 2.75) is 0 Å². The first-order valence-electron chi connectivity index (χ1n) is 5.37. The Bertz CT molecular complexity index is 524. The predicted molar refractivity (Wildman–Crippen MR) is 69.3 cm³/mol. The number of anilines is 1. The fourth-order valence-electron chi connectivity index (χ4n) is 1.58. The molecule has 1 aromatic rings. The molecule has 0 aromatic heterocycles. The van der Waals surface area contributed by atoms with Crippen molar-refractivity contribution < 1.29 is 4.92 Å². The minimum atomic E-state index is -0.418. The highest BCUT2D eigenvalue weighted by Gasteiger charge is 2.14. The summed E-state index contributed by atoms with van der Waals surface area (Å²) < 4.78 is 0. The molecule has 0 atom stereocenters. The Labute approximate surface area is 104 Å². The Morgan fingerprint density at radius 1 is 1.39 bits per heavy atom. The Kier molecular flexibility index (Phi) is 3.42. The zero-order valence-corrected chi connectivity index (χ0v) is 9.80. The summed E-state index contributed by atoms with van der Waals surface area (Å²) in [5, 5.41) is 19.9. The van der Waals surface area contributed by atoms with E-state index in [1.807, 2.05) is 0 Å². The number of nitro groups is 1. The van der Waals surface area contributed by atoms with E-state index in [0.29, 0.717) is 18.2 Å². The topological polar surface area (TPSA) is 91.6 Å². The lowest BCUT2D eigenvalue weighted by molar-refractivity contribution is -0.383. The second-order valence-electron chi connectivity index (χ2n) is 3.60. The van der Waals surface area contributed by atoms with Crippen molar-refractivity contribution in [3.05, 3.63) is 46.3 Å². The standard InChI is InChI=1S/C11H13N5O2/c1-12-10-6-11(14-7-13-10)15-8-4-2-3-5-9(8)16(17)18/h2-6,14-15H,7H2,1H3,(H,12,13). The maximum atomic E-state index is 10.9. The summed E-state index contributed by atoms with van der Waals surface area (Å²) in [4.78, 5) is 14.5. The molecule has 0 saturated carbocycles. The summed E-state index contributed by atoms with van der Waals surface area (Å²) in [6.07, 6.45) is 1.75. The van der Waals surface area contributed by atoms with Gasteiger partial charge in [-0.15, -0.1) is 0 Å². The molecule has 0 aliphatic carbocycles. The van der Waals surface area contributed by atoms with E-state index in [-0.39, 0.29) is 5.69 Å². The fraction of sp³-hybridized carbons (Fsp3) is 0.182. The summed E-state index contributed by atoms with van der Waals surface area (Å²) in [7, 11) is 1.67. The molecule has 1 aliphatic heterocycles. The van der Waals surface area contributed by atoms with Gasteiger partial charge in [0.15, 0.2) is 0 Å². The van der Waals surface area contributed by atoms with Gasteiger partial charge in [-0.25, -0.2) is 0 Å². The van der Waals surface area contributed by atoms with Crippen LogP contribution in [0.1, 0.15) is 0 Å². The van der Waals surface area contributed by atoms with E-state index in [2.05, 4.69) is 20.9 Å². The number of para-hydroxylation sites is 2. The smallest absolute Gasteiger partial charge is 0.292 e. The number of nitro benzene ring substituents is 1. The zero-order chi connectivity index (χ0) is 13.0. The highest BCUT2D eigenvalue weighted by atomic mass is 16.6.